The lowest BCUT2D eigenvalue weighted by atomic mass is 10.0. The maximum atomic E-state index is 8.38. The van der Waals surface area contributed by atoms with Crippen LogP contribution >= 0.6 is 0 Å². The van der Waals surface area contributed by atoms with Crippen LogP contribution in [-0.2, 0) is 0 Å². The van der Waals surface area contributed by atoms with Crippen LogP contribution in [0.5, 0.6) is 0 Å². The van der Waals surface area contributed by atoms with E-state index in [0.717, 1.165) is 0 Å². The highest BCUT2D eigenvalue weighted by molar-refractivity contribution is 6.10. The normalized spacial score (nSPS) is 18.9. The molecule has 0 saturated carbocycles. The van der Waals surface area contributed by atoms with Gasteiger partial charge in [-0.05, 0) is 24.1 Å². The van der Waals surface area contributed by atoms with E-state index in [-0.39, 0.29) is 44.7 Å². The molecule has 1 nitrogen and oxygen atoms in total. The molecule has 0 atom stereocenters. The van der Waals surface area contributed by atoms with Gasteiger partial charge in [0.05, 0.1) is 15.1 Å². The second-order valence-electron chi connectivity index (χ2n) is 4.26. The van der Waals surface area contributed by atoms with Crippen LogP contribution < -0.4 is 0 Å². The molecule has 0 aliphatic carbocycles. The number of rotatable bonds is 1. The Morgan fingerprint density at radius 2 is 1.65 bits per heavy atom. The Balaban J connectivity index is 2.36. The van der Waals surface area contributed by atoms with Crippen molar-refractivity contribution in [2.45, 2.75) is 6.92 Å². The second-order valence-corrected chi connectivity index (χ2v) is 4.26. The lowest BCUT2D eigenvalue weighted by molar-refractivity contribution is 0.670. The molecule has 0 N–H and O–H groups in total. The van der Waals surface area contributed by atoms with Crippen LogP contribution in [-0.4, -0.2) is 0 Å². The van der Waals surface area contributed by atoms with Gasteiger partial charge in [-0.3, -0.25) is 0 Å². The molecule has 96 valence electrons. The number of aryl methyl sites for hydroxylation is 1. The Morgan fingerprint density at radius 1 is 0.850 bits per heavy atom. The molecule has 0 spiro atoms. The molecule has 0 aliphatic heterocycles. The molecule has 3 aromatic carbocycles. The van der Waals surface area contributed by atoms with E-state index >= 15 is 0 Å². The fraction of sp³-hybridized carbons (Fsp3) is 0.0526. The largest absolute Gasteiger partial charge is 0.455 e. The molecular weight excluding hydrogens is 244 g/mol. The zero-order valence-corrected chi connectivity index (χ0v) is 10.4. The summed E-state index contributed by atoms with van der Waals surface area (Å²) in [6.07, 6.45) is 0. The van der Waals surface area contributed by atoms with E-state index < -0.39 is 60.4 Å². The van der Waals surface area contributed by atoms with Crippen molar-refractivity contribution in [3.63, 3.8) is 0 Å². The molecular formula is C19H14O. The van der Waals surface area contributed by atoms with Crippen LogP contribution in [0.15, 0.2) is 70.9 Å². The van der Waals surface area contributed by atoms with Gasteiger partial charge in [0, 0.05) is 16.3 Å². The molecule has 0 saturated heterocycles. The van der Waals surface area contributed by atoms with Crippen LogP contribution in [0, 0.1) is 6.92 Å². The molecule has 0 unspecified atom stereocenters. The molecule has 0 radical (unpaired) electrons. The van der Waals surface area contributed by atoms with E-state index in [1.54, 1.807) is 0 Å². The lowest BCUT2D eigenvalue weighted by Crippen LogP contribution is -1.78. The number of benzene rings is 3. The summed E-state index contributed by atoms with van der Waals surface area (Å²) in [4.78, 5) is 0. The topological polar surface area (TPSA) is 13.1 Å². The van der Waals surface area contributed by atoms with E-state index in [1.165, 1.54) is 6.92 Å². The number of furan rings is 1. The number of para-hydroxylation sites is 1. The standard InChI is InChI=1S/C19H14O/c1-13-7-5-12-17-18(13)16-11-6-10-15(19(16)20-17)14-8-3-2-4-9-14/h2-12H,1H3/i2D,3D,4D,5D,6D,7D,8D,9D,10D,11D,12D. The maximum absolute atomic E-state index is 8.38. The Bertz CT molecular complexity index is 1420. The van der Waals surface area contributed by atoms with Crippen LogP contribution in [0.3, 0.4) is 0 Å². The maximum Gasteiger partial charge on any atom is 0.143 e. The van der Waals surface area contributed by atoms with Gasteiger partial charge in [0.25, 0.3) is 0 Å². The second kappa shape index (κ2) is 4.24. The van der Waals surface area contributed by atoms with E-state index in [4.69, 9.17) is 19.5 Å². The molecule has 1 heterocycles. The minimum atomic E-state index is -0.625. The highest BCUT2D eigenvalue weighted by Crippen LogP contribution is 2.36. The summed E-state index contributed by atoms with van der Waals surface area (Å²) in [5.41, 5.74) is -0.690. The molecule has 0 bridgehead atoms. The Hall–Kier alpha value is -2.54. The van der Waals surface area contributed by atoms with Gasteiger partial charge in [-0.15, -0.1) is 0 Å². The summed E-state index contributed by atoms with van der Waals surface area (Å²) in [7, 11) is 0. The summed E-state index contributed by atoms with van der Waals surface area (Å²) in [6.45, 7) is 1.51. The lowest BCUT2D eigenvalue weighted by Gasteiger charge is -2.02. The monoisotopic (exact) mass is 269 g/mol. The summed E-state index contributed by atoms with van der Waals surface area (Å²) in [5.74, 6) is 0. The first kappa shape index (κ1) is 4.78. The third kappa shape index (κ3) is 1.56. The molecule has 4 aromatic rings. The highest BCUT2D eigenvalue weighted by Gasteiger charge is 2.12. The fourth-order valence-electron chi connectivity index (χ4n) is 2.18. The van der Waals surface area contributed by atoms with Crippen molar-refractivity contribution in [3.8, 4) is 11.1 Å². The van der Waals surface area contributed by atoms with Crippen molar-refractivity contribution < 1.29 is 19.5 Å². The Kier molecular flexibility index (Phi) is 1.01. The highest BCUT2D eigenvalue weighted by atomic mass is 16.3. The number of hydrogen-bond donors (Lipinski definition) is 0. The average molecular weight is 269 g/mol. The van der Waals surface area contributed by atoms with Gasteiger partial charge in [-0.1, -0.05) is 60.4 Å². The molecule has 0 amide bonds. The molecule has 1 heteroatoms. The predicted molar refractivity (Wildman–Crippen MR) is 83.9 cm³/mol. The van der Waals surface area contributed by atoms with E-state index in [9.17, 15) is 0 Å². The van der Waals surface area contributed by atoms with E-state index in [1.807, 2.05) is 0 Å². The Labute approximate surface area is 132 Å². The molecule has 0 aliphatic rings. The summed E-state index contributed by atoms with van der Waals surface area (Å²) in [6, 6.07) is -5.62. The van der Waals surface area contributed by atoms with Crippen LogP contribution in [0.2, 0.25) is 0 Å². The van der Waals surface area contributed by atoms with Gasteiger partial charge >= 0.3 is 0 Å². The van der Waals surface area contributed by atoms with Gasteiger partial charge < -0.3 is 4.42 Å². The number of hydrogen-bond acceptors (Lipinski definition) is 1. The predicted octanol–water partition coefficient (Wildman–Crippen LogP) is 5.56. The minimum Gasteiger partial charge on any atom is -0.455 e. The van der Waals surface area contributed by atoms with Crippen molar-refractivity contribution in [1.82, 2.24) is 0 Å². The van der Waals surface area contributed by atoms with Gasteiger partial charge in [-0.2, -0.15) is 0 Å². The molecule has 4 rings (SSSR count). The van der Waals surface area contributed by atoms with Crippen LogP contribution in [0.1, 0.15) is 20.6 Å². The third-order valence-electron chi connectivity index (χ3n) is 3.06. The van der Waals surface area contributed by atoms with Crippen molar-refractivity contribution in [1.29, 1.82) is 0 Å². The van der Waals surface area contributed by atoms with Crippen LogP contribution in [0.4, 0.5) is 0 Å². The first-order valence-corrected chi connectivity index (χ1v) is 5.91. The van der Waals surface area contributed by atoms with Gasteiger partial charge in [0.1, 0.15) is 11.2 Å². The third-order valence-corrected chi connectivity index (χ3v) is 3.06. The first-order valence-electron chi connectivity index (χ1n) is 11.4. The van der Waals surface area contributed by atoms with Crippen LogP contribution in [0.25, 0.3) is 33.1 Å². The summed E-state index contributed by atoms with van der Waals surface area (Å²) < 4.78 is 95.1. The quantitative estimate of drug-likeness (QED) is 0.441. The van der Waals surface area contributed by atoms with Gasteiger partial charge in [0.2, 0.25) is 0 Å². The van der Waals surface area contributed by atoms with E-state index in [2.05, 4.69) is 0 Å². The first-order chi connectivity index (χ1) is 14.4. The number of fused-ring (bicyclic) bond motifs is 3. The molecule has 0 fully saturated rings. The SMILES string of the molecule is [2H]c1c([2H])c([2H])c(-c2c([2H])c([2H])c([2H])c3c2oc2c([2H])c([2H])c([2H])c(C)c23)c([2H])c1[2H]. The minimum absolute atomic E-state index is 0.00249. The fourth-order valence-corrected chi connectivity index (χ4v) is 2.18. The zero-order valence-electron chi connectivity index (χ0n) is 21.4. The Morgan fingerprint density at radius 3 is 2.50 bits per heavy atom. The van der Waals surface area contributed by atoms with Gasteiger partial charge in [0.15, 0.2) is 0 Å². The van der Waals surface area contributed by atoms with Crippen molar-refractivity contribution in [2.75, 3.05) is 0 Å². The van der Waals surface area contributed by atoms with Gasteiger partial charge in [-0.25, -0.2) is 0 Å². The average Bonchev–Trinajstić information content (AvgIpc) is 3.14. The molecule has 1 aromatic heterocycles. The van der Waals surface area contributed by atoms with E-state index in [0.29, 0.717) is 0 Å². The zero-order chi connectivity index (χ0) is 23.1. The van der Waals surface area contributed by atoms with Crippen molar-refractivity contribution in [3.05, 3.63) is 72.0 Å². The molecule has 20 heavy (non-hydrogen) atoms. The summed E-state index contributed by atoms with van der Waals surface area (Å²) in [5, 5.41) is 0.158. The summed E-state index contributed by atoms with van der Waals surface area (Å²) >= 11 is 0. The van der Waals surface area contributed by atoms with Crippen molar-refractivity contribution in [2.24, 2.45) is 0 Å². The van der Waals surface area contributed by atoms with Crippen molar-refractivity contribution >= 4 is 21.9 Å². The smallest absolute Gasteiger partial charge is 0.143 e.